The highest BCUT2D eigenvalue weighted by Crippen LogP contribution is 2.41. The smallest absolute Gasteiger partial charge is 0.201 e. The van der Waals surface area contributed by atoms with Crippen LogP contribution in [0.25, 0.3) is 0 Å². The van der Waals surface area contributed by atoms with Crippen molar-refractivity contribution in [2.45, 2.75) is 13.0 Å². The van der Waals surface area contributed by atoms with Gasteiger partial charge in [-0.15, -0.1) is 0 Å². The van der Waals surface area contributed by atoms with Gasteiger partial charge in [0.15, 0.2) is 11.5 Å². The van der Waals surface area contributed by atoms with E-state index >= 15 is 0 Å². The van der Waals surface area contributed by atoms with E-state index in [0.29, 0.717) is 11.5 Å². The summed E-state index contributed by atoms with van der Waals surface area (Å²) < 4.78 is 10.3. The minimum Gasteiger partial charge on any atom is -0.502 e. The van der Waals surface area contributed by atoms with Crippen LogP contribution in [0.4, 0.5) is 0 Å². The number of ether oxygens (including phenoxy) is 2. The van der Waals surface area contributed by atoms with Gasteiger partial charge < -0.3 is 19.9 Å². The van der Waals surface area contributed by atoms with Crippen molar-refractivity contribution in [3.8, 4) is 17.2 Å². The number of benzene rings is 1. The van der Waals surface area contributed by atoms with Crippen LogP contribution < -0.4 is 14.8 Å². The van der Waals surface area contributed by atoms with Gasteiger partial charge in [0, 0.05) is 12.1 Å². The van der Waals surface area contributed by atoms with Gasteiger partial charge in [-0.25, -0.2) is 0 Å². The Hall–Kier alpha value is -1.42. The van der Waals surface area contributed by atoms with Crippen LogP contribution in [0.15, 0.2) is 6.07 Å². The molecule has 2 N–H and O–H groups in total. The number of hydrogen-bond donors (Lipinski definition) is 2. The van der Waals surface area contributed by atoms with Gasteiger partial charge in [-0.3, -0.25) is 0 Å². The Morgan fingerprint density at radius 2 is 2.13 bits per heavy atom. The lowest BCUT2D eigenvalue weighted by Crippen LogP contribution is -2.24. The molecule has 0 aliphatic carbocycles. The zero-order valence-electron chi connectivity index (χ0n) is 8.96. The van der Waals surface area contributed by atoms with Gasteiger partial charge in [0.2, 0.25) is 5.75 Å². The molecule has 0 amide bonds. The van der Waals surface area contributed by atoms with Gasteiger partial charge in [0.05, 0.1) is 14.2 Å². The highest BCUT2D eigenvalue weighted by atomic mass is 16.5. The maximum Gasteiger partial charge on any atom is 0.201 e. The van der Waals surface area contributed by atoms with Crippen molar-refractivity contribution < 1.29 is 14.6 Å². The molecule has 0 saturated carbocycles. The number of fused-ring (bicyclic) bond motifs is 1. The molecule has 0 spiro atoms. The van der Waals surface area contributed by atoms with Crippen LogP contribution in [0.5, 0.6) is 17.2 Å². The molecule has 2 rings (SSSR count). The minimum absolute atomic E-state index is 0.0856. The van der Waals surface area contributed by atoms with Crippen LogP contribution in [0.3, 0.4) is 0 Å². The predicted octanol–water partition coefficient (Wildman–Crippen LogP) is 1.06. The van der Waals surface area contributed by atoms with E-state index in [1.54, 1.807) is 14.2 Å². The monoisotopic (exact) mass is 209 g/mol. The lowest BCUT2D eigenvalue weighted by atomic mass is 9.99. The molecule has 0 bridgehead atoms. The normalized spacial score (nSPS) is 14.5. The van der Waals surface area contributed by atoms with Crippen molar-refractivity contribution in [3.05, 3.63) is 17.2 Å². The Morgan fingerprint density at radius 3 is 2.80 bits per heavy atom. The van der Waals surface area contributed by atoms with Crippen LogP contribution in [-0.4, -0.2) is 25.9 Å². The molecule has 0 atom stereocenters. The first-order chi connectivity index (χ1) is 7.27. The van der Waals surface area contributed by atoms with Gasteiger partial charge in [-0.1, -0.05) is 0 Å². The van der Waals surface area contributed by atoms with E-state index in [1.807, 2.05) is 6.07 Å². The molecule has 0 saturated heterocycles. The van der Waals surface area contributed by atoms with Gasteiger partial charge >= 0.3 is 0 Å². The van der Waals surface area contributed by atoms with Crippen LogP contribution >= 0.6 is 0 Å². The third-order valence-electron chi connectivity index (χ3n) is 2.71. The summed E-state index contributed by atoms with van der Waals surface area (Å²) in [5.41, 5.74) is 2.21. The second-order valence-corrected chi connectivity index (χ2v) is 3.53. The fourth-order valence-corrected chi connectivity index (χ4v) is 1.94. The fourth-order valence-electron chi connectivity index (χ4n) is 1.94. The molecule has 0 unspecified atom stereocenters. The van der Waals surface area contributed by atoms with E-state index in [2.05, 4.69) is 5.32 Å². The fraction of sp³-hybridized carbons (Fsp3) is 0.455. The van der Waals surface area contributed by atoms with Crippen LogP contribution in [0.2, 0.25) is 0 Å². The first-order valence-corrected chi connectivity index (χ1v) is 4.94. The van der Waals surface area contributed by atoms with E-state index in [4.69, 9.17) is 9.47 Å². The molecular formula is C11H15NO3. The van der Waals surface area contributed by atoms with Crippen LogP contribution in [0, 0.1) is 0 Å². The van der Waals surface area contributed by atoms with Gasteiger partial charge in [0.1, 0.15) is 0 Å². The summed E-state index contributed by atoms with van der Waals surface area (Å²) in [6.45, 7) is 1.68. The maximum absolute atomic E-state index is 9.87. The van der Waals surface area contributed by atoms with E-state index in [0.717, 1.165) is 25.1 Å². The lowest BCUT2D eigenvalue weighted by Gasteiger charge is -2.21. The third-order valence-corrected chi connectivity index (χ3v) is 2.71. The van der Waals surface area contributed by atoms with Gasteiger partial charge in [0.25, 0.3) is 0 Å². The molecule has 15 heavy (non-hydrogen) atoms. The average Bonchev–Trinajstić information content (AvgIpc) is 2.28. The Labute approximate surface area is 88.8 Å². The first-order valence-electron chi connectivity index (χ1n) is 4.94. The van der Waals surface area contributed by atoms with E-state index in [9.17, 15) is 5.11 Å². The topological polar surface area (TPSA) is 50.7 Å². The van der Waals surface area contributed by atoms with Crippen molar-refractivity contribution in [2.75, 3.05) is 20.8 Å². The number of hydrogen-bond acceptors (Lipinski definition) is 4. The zero-order valence-corrected chi connectivity index (χ0v) is 8.96. The van der Waals surface area contributed by atoms with Crippen molar-refractivity contribution in [1.82, 2.24) is 5.32 Å². The number of phenolic OH excluding ortho intramolecular Hbond substituents is 1. The Morgan fingerprint density at radius 1 is 1.33 bits per heavy atom. The molecule has 1 aromatic carbocycles. The summed E-state index contributed by atoms with van der Waals surface area (Å²) in [6.07, 6.45) is 0.933. The average molecular weight is 209 g/mol. The lowest BCUT2D eigenvalue weighted by molar-refractivity contribution is 0.334. The summed E-state index contributed by atoms with van der Waals surface area (Å²) in [5, 5.41) is 13.1. The molecular weight excluding hydrogens is 194 g/mol. The maximum atomic E-state index is 9.87. The number of rotatable bonds is 2. The Bertz CT molecular complexity index is 377. The molecule has 1 aliphatic heterocycles. The molecule has 1 aromatic rings. The molecule has 1 heterocycles. The summed E-state index contributed by atoms with van der Waals surface area (Å²) in [4.78, 5) is 0. The molecule has 0 aromatic heterocycles. The number of methoxy groups -OCH3 is 2. The van der Waals surface area contributed by atoms with Gasteiger partial charge in [-0.05, 0) is 24.6 Å². The largest absolute Gasteiger partial charge is 0.502 e. The van der Waals surface area contributed by atoms with E-state index < -0.39 is 0 Å². The summed E-state index contributed by atoms with van der Waals surface area (Å²) in [5.74, 6) is 1.09. The van der Waals surface area contributed by atoms with Crippen molar-refractivity contribution in [2.24, 2.45) is 0 Å². The number of aromatic hydroxyl groups is 1. The molecule has 4 heteroatoms. The summed E-state index contributed by atoms with van der Waals surface area (Å²) in [6, 6.07) is 1.88. The van der Waals surface area contributed by atoms with Crippen molar-refractivity contribution >= 4 is 0 Å². The minimum atomic E-state index is 0.0856. The quantitative estimate of drug-likeness (QED) is 0.764. The molecule has 0 radical (unpaired) electrons. The standard InChI is InChI=1S/C11H15NO3/c1-14-9-5-7-3-4-12-6-8(7)11(15-2)10(9)13/h5,12-13H,3-4,6H2,1-2H3. The number of nitrogens with one attached hydrogen (secondary N) is 1. The second-order valence-electron chi connectivity index (χ2n) is 3.53. The van der Waals surface area contributed by atoms with Crippen molar-refractivity contribution in [3.63, 3.8) is 0 Å². The van der Waals surface area contributed by atoms with E-state index in [-0.39, 0.29) is 5.75 Å². The first kappa shape index (κ1) is 10.1. The van der Waals surface area contributed by atoms with Crippen molar-refractivity contribution in [1.29, 1.82) is 0 Å². The molecule has 0 fully saturated rings. The highest BCUT2D eigenvalue weighted by Gasteiger charge is 2.20. The number of phenols is 1. The Balaban J connectivity index is 2.58. The summed E-state index contributed by atoms with van der Waals surface area (Å²) in [7, 11) is 3.10. The Kier molecular flexibility index (Phi) is 2.68. The second kappa shape index (κ2) is 3.98. The van der Waals surface area contributed by atoms with Crippen LogP contribution in [-0.2, 0) is 13.0 Å². The zero-order chi connectivity index (χ0) is 10.8. The molecule has 82 valence electrons. The van der Waals surface area contributed by atoms with E-state index in [1.165, 1.54) is 5.56 Å². The highest BCUT2D eigenvalue weighted by molar-refractivity contribution is 5.58. The molecule has 4 nitrogen and oxygen atoms in total. The summed E-state index contributed by atoms with van der Waals surface area (Å²) >= 11 is 0. The SMILES string of the molecule is COc1cc2c(c(OC)c1O)CNCC2. The third kappa shape index (κ3) is 1.61. The van der Waals surface area contributed by atoms with Crippen LogP contribution in [0.1, 0.15) is 11.1 Å². The van der Waals surface area contributed by atoms with Gasteiger partial charge in [-0.2, -0.15) is 0 Å². The molecule has 1 aliphatic rings. The predicted molar refractivity (Wildman–Crippen MR) is 56.6 cm³/mol.